The lowest BCUT2D eigenvalue weighted by molar-refractivity contribution is -0.750. The van der Waals surface area contributed by atoms with Crippen LogP contribution in [0.5, 0.6) is 0 Å². The predicted octanol–water partition coefficient (Wildman–Crippen LogP) is -2.19. The minimum Gasteiger partial charge on any atom is -1.00 e. The quantitative estimate of drug-likeness (QED) is 0.480. The van der Waals surface area contributed by atoms with Crippen LogP contribution in [0, 0.1) is 0 Å². The molecule has 1 fully saturated rings. The Morgan fingerprint density at radius 1 is 0.906 bits per heavy atom. The van der Waals surface area contributed by atoms with E-state index in [1.165, 1.54) is 16.2 Å². The van der Waals surface area contributed by atoms with Crippen molar-refractivity contribution in [3.63, 3.8) is 0 Å². The smallest absolute Gasteiger partial charge is 0.309 e. The molecule has 5 N–H and O–H groups in total. The van der Waals surface area contributed by atoms with Gasteiger partial charge in [0, 0.05) is 37.8 Å². The van der Waals surface area contributed by atoms with Gasteiger partial charge in [-0.25, -0.2) is 4.90 Å². The number of para-hydroxylation sites is 2. The van der Waals surface area contributed by atoms with E-state index in [4.69, 9.17) is 9.41 Å². The number of rotatable bonds is 3. The topological polar surface area (TPSA) is 116 Å². The molecule has 0 radical (unpaired) electrons. The molecule has 2 aliphatic heterocycles. The van der Waals surface area contributed by atoms with Gasteiger partial charge in [-0.1, -0.05) is 42.5 Å². The SMILES string of the molecule is O.O.O=C(c1ccco1)N1CCN(C2=Nc3ccccc3[NH+]2Cc2ccccc2)CC1.[Cl-]. The highest BCUT2D eigenvalue weighted by atomic mass is 35.5. The first-order valence-corrected chi connectivity index (χ1v) is 9.95. The van der Waals surface area contributed by atoms with Crippen molar-refractivity contribution in [3.05, 3.63) is 84.3 Å². The van der Waals surface area contributed by atoms with Crippen molar-refractivity contribution in [3.8, 4) is 0 Å². The number of furan rings is 1. The van der Waals surface area contributed by atoms with Crippen molar-refractivity contribution < 1.29 is 37.5 Å². The normalized spacial score (nSPS) is 16.8. The van der Waals surface area contributed by atoms with E-state index in [1.807, 2.05) is 17.0 Å². The molecule has 0 bridgehead atoms. The Morgan fingerprint density at radius 3 is 2.28 bits per heavy atom. The van der Waals surface area contributed by atoms with Crippen LogP contribution in [0.3, 0.4) is 0 Å². The molecule has 170 valence electrons. The third-order valence-corrected chi connectivity index (χ3v) is 5.55. The molecule has 5 rings (SSSR count). The Bertz CT molecular complexity index is 1040. The maximum Gasteiger partial charge on any atom is 0.309 e. The molecule has 1 aromatic heterocycles. The number of hydrogen-bond acceptors (Lipinski definition) is 4. The van der Waals surface area contributed by atoms with Gasteiger partial charge in [0.25, 0.3) is 5.91 Å². The Balaban J connectivity index is 0.00000121. The van der Waals surface area contributed by atoms with Gasteiger partial charge in [0.1, 0.15) is 12.2 Å². The van der Waals surface area contributed by atoms with Gasteiger partial charge < -0.3 is 37.6 Å². The molecule has 0 aliphatic carbocycles. The highest BCUT2D eigenvalue weighted by Crippen LogP contribution is 2.26. The van der Waals surface area contributed by atoms with E-state index in [9.17, 15) is 4.79 Å². The molecule has 1 amide bonds. The van der Waals surface area contributed by atoms with Crippen LogP contribution in [0.15, 0.2) is 82.4 Å². The third-order valence-electron chi connectivity index (χ3n) is 5.55. The van der Waals surface area contributed by atoms with Gasteiger partial charge in [0.05, 0.1) is 6.26 Å². The summed E-state index contributed by atoms with van der Waals surface area (Å²) in [6.07, 6.45) is 1.54. The number of guanidine groups is 1. The molecule has 32 heavy (non-hydrogen) atoms. The van der Waals surface area contributed by atoms with Gasteiger partial charge in [-0.3, -0.25) is 4.79 Å². The summed E-state index contributed by atoms with van der Waals surface area (Å²) in [6, 6.07) is 22.3. The van der Waals surface area contributed by atoms with Crippen LogP contribution in [0.4, 0.5) is 11.4 Å². The van der Waals surface area contributed by atoms with Crippen molar-refractivity contribution in [2.45, 2.75) is 6.54 Å². The summed E-state index contributed by atoms with van der Waals surface area (Å²) in [4.78, 5) is 22.9. The molecule has 1 unspecified atom stereocenters. The average Bonchev–Trinajstić information content (AvgIpc) is 3.43. The van der Waals surface area contributed by atoms with Crippen LogP contribution in [-0.4, -0.2) is 58.8 Å². The van der Waals surface area contributed by atoms with E-state index in [-0.39, 0.29) is 29.3 Å². The van der Waals surface area contributed by atoms with Crippen LogP contribution in [0.25, 0.3) is 0 Å². The summed E-state index contributed by atoms with van der Waals surface area (Å²) in [7, 11) is 0. The van der Waals surface area contributed by atoms with E-state index in [0.29, 0.717) is 18.8 Å². The maximum absolute atomic E-state index is 12.6. The number of piperazine rings is 1. The number of halogens is 1. The summed E-state index contributed by atoms with van der Waals surface area (Å²) in [5.41, 5.74) is 3.52. The van der Waals surface area contributed by atoms with Gasteiger partial charge in [-0.15, -0.1) is 0 Å². The number of aliphatic imine (C=N–C) groups is 1. The first-order chi connectivity index (χ1) is 14.3. The van der Waals surface area contributed by atoms with E-state index < -0.39 is 0 Å². The third kappa shape index (κ3) is 4.84. The molecule has 2 aliphatic rings. The van der Waals surface area contributed by atoms with Crippen LogP contribution >= 0.6 is 0 Å². The highest BCUT2D eigenvalue weighted by Gasteiger charge is 2.36. The number of nitrogens with zero attached hydrogens (tertiary/aromatic N) is 3. The molecule has 1 saturated heterocycles. The van der Waals surface area contributed by atoms with Crippen molar-refractivity contribution in [1.82, 2.24) is 9.80 Å². The highest BCUT2D eigenvalue weighted by molar-refractivity contribution is 5.91. The lowest BCUT2D eigenvalue weighted by atomic mass is 10.2. The number of carbonyl (C=O) groups is 1. The second kappa shape index (κ2) is 10.9. The monoisotopic (exact) mass is 458 g/mol. The standard InChI is InChI=1S/C23H22N4O2.ClH.2H2O/c28-22(21-11-6-16-29-21)25-12-14-26(15-13-25)23-24-19-9-4-5-10-20(19)27(23)17-18-7-2-1-3-8-18;;;/h1-11,16H,12-15,17H2;1H;2*1H2. The zero-order chi connectivity index (χ0) is 19.6. The lowest BCUT2D eigenvalue weighted by Crippen LogP contribution is -3.09. The zero-order valence-corrected chi connectivity index (χ0v) is 18.3. The van der Waals surface area contributed by atoms with Crippen molar-refractivity contribution >= 4 is 23.2 Å². The summed E-state index contributed by atoms with van der Waals surface area (Å²) >= 11 is 0. The molecule has 2 aromatic carbocycles. The molecule has 9 heteroatoms. The Hall–Kier alpha value is -3.17. The molecule has 3 heterocycles. The first-order valence-electron chi connectivity index (χ1n) is 9.95. The van der Waals surface area contributed by atoms with Crippen molar-refractivity contribution in [1.29, 1.82) is 0 Å². The molecule has 0 saturated carbocycles. The van der Waals surface area contributed by atoms with Crippen molar-refractivity contribution in [2.24, 2.45) is 4.99 Å². The average molecular weight is 459 g/mol. The molecule has 1 atom stereocenters. The largest absolute Gasteiger partial charge is 1.00 e. The molecule has 8 nitrogen and oxygen atoms in total. The fourth-order valence-corrected chi connectivity index (χ4v) is 4.04. The zero-order valence-electron chi connectivity index (χ0n) is 17.5. The van der Waals surface area contributed by atoms with Crippen LogP contribution in [0.1, 0.15) is 16.1 Å². The second-order valence-corrected chi connectivity index (χ2v) is 7.35. The van der Waals surface area contributed by atoms with E-state index in [0.717, 1.165) is 31.3 Å². The van der Waals surface area contributed by atoms with Gasteiger partial charge in [0.15, 0.2) is 11.4 Å². The number of fused-ring (bicyclic) bond motifs is 1. The number of carbonyl (C=O) groups excluding carboxylic acids is 1. The fraction of sp³-hybridized carbons (Fsp3) is 0.217. The van der Waals surface area contributed by atoms with Crippen LogP contribution in [0.2, 0.25) is 0 Å². The number of amides is 1. The fourth-order valence-electron chi connectivity index (χ4n) is 4.04. The van der Waals surface area contributed by atoms with Crippen molar-refractivity contribution in [2.75, 3.05) is 26.2 Å². The first kappa shape index (κ1) is 25.1. The minimum atomic E-state index is -0.0419. The van der Waals surface area contributed by atoms with Gasteiger partial charge in [-0.05, 0) is 18.2 Å². The summed E-state index contributed by atoms with van der Waals surface area (Å²) in [6.45, 7) is 3.69. The lowest BCUT2D eigenvalue weighted by Gasteiger charge is -2.35. The summed E-state index contributed by atoms with van der Waals surface area (Å²) < 4.78 is 5.27. The molecule has 3 aromatic rings. The maximum atomic E-state index is 12.6. The van der Waals surface area contributed by atoms with E-state index >= 15 is 0 Å². The molecular weight excluding hydrogens is 432 g/mol. The minimum absolute atomic E-state index is 0. The molecule has 0 spiro atoms. The van der Waals surface area contributed by atoms with Crippen LogP contribution < -0.4 is 17.3 Å². The number of nitrogens with one attached hydrogen (secondary N) is 1. The van der Waals surface area contributed by atoms with Crippen LogP contribution in [-0.2, 0) is 6.54 Å². The number of hydrogen-bond donors (Lipinski definition) is 1. The van der Waals surface area contributed by atoms with Gasteiger partial charge in [0.2, 0.25) is 0 Å². The Labute approximate surface area is 192 Å². The Kier molecular flexibility index (Phi) is 8.56. The Morgan fingerprint density at radius 2 is 1.59 bits per heavy atom. The van der Waals surface area contributed by atoms with E-state index in [1.54, 1.807) is 18.4 Å². The van der Waals surface area contributed by atoms with E-state index in [2.05, 4.69) is 47.4 Å². The predicted molar refractivity (Wildman–Crippen MR) is 118 cm³/mol. The number of benzene rings is 2. The number of quaternary nitrogens is 1. The molecular formula is C23H27ClN4O4. The van der Waals surface area contributed by atoms with Gasteiger partial charge >= 0.3 is 5.96 Å². The summed E-state index contributed by atoms with van der Waals surface area (Å²) in [5, 5.41) is 0. The summed E-state index contributed by atoms with van der Waals surface area (Å²) in [5.74, 6) is 1.40. The van der Waals surface area contributed by atoms with Gasteiger partial charge in [-0.2, -0.15) is 4.99 Å². The second-order valence-electron chi connectivity index (χ2n) is 7.35.